The van der Waals surface area contributed by atoms with Crippen LogP contribution < -0.4 is 4.74 Å². The molecule has 1 aromatic carbocycles. The zero-order valence-corrected chi connectivity index (χ0v) is 12.0. The van der Waals surface area contributed by atoms with Gasteiger partial charge in [0, 0.05) is 11.5 Å². The third kappa shape index (κ3) is 2.81. The van der Waals surface area contributed by atoms with E-state index in [0.717, 1.165) is 4.68 Å². The van der Waals surface area contributed by atoms with Crippen LogP contribution in [0.15, 0.2) is 18.2 Å². The van der Waals surface area contributed by atoms with E-state index >= 15 is 0 Å². The van der Waals surface area contributed by atoms with Gasteiger partial charge >= 0.3 is 6.09 Å². The van der Waals surface area contributed by atoms with Crippen molar-refractivity contribution in [2.45, 2.75) is 26.4 Å². The molecule has 0 bridgehead atoms. The van der Waals surface area contributed by atoms with Crippen LogP contribution in [0, 0.1) is 0 Å². The van der Waals surface area contributed by atoms with Crippen LogP contribution in [0.1, 0.15) is 20.8 Å². The van der Waals surface area contributed by atoms with Crippen LogP contribution in [-0.2, 0) is 4.74 Å². The van der Waals surface area contributed by atoms with Crippen molar-refractivity contribution in [3.63, 3.8) is 0 Å². The number of hydrogen-bond acceptors (Lipinski definition) is 4. The van der Waals surface area contributed by atoms with Crippen molar-refractivity contribution in [2.75, 3.05) is 7.11 Å². The largest absolute Gasteiger partial charge is 0.497 e. The summed E-state index contributed by atoms with van der Waals surface area (Å²) in [4.78, 5) is 12.1. The predicted octanol–water partition coefficient (Wildman–Crippen LogP) is 3.48. The Bertz CT molecular complexity index is 629. The van der Waals surface area contributed by atoms with Gasteiger partial charge in [-0.3, -0.25) is 0 Å². The molecule has 2 aromatic rings. The number of aromatic nitrogens is 2. The average Bonchev–Trinajstić information content (AvgIpc) is 2.64. The molecule has 6 heteroatoms. The van der Waals surface area contributed by atoms with Gasteiger partial charge in [-0.1, -0.05) is 11.6 Å². The highest BCUT2D eigenvalue weighted by atomic mass is 35.5. The molecule has 0 fully saturated rings. The number of ether oxygens (including phenoxy) is 2. The number of methoxy groups -OCH3 is 1. The maximum atomic E-state index is 12.1. The van der Waals surface area contributed by atoms with Crippen LogP contribution in [0.25, 0.3) is 10.9 Å². The van der Waals surface area contributed by atoms with Crippen molar-refractivity contribution < 1.29 is 14.3 Å². The molecule has 0 saturated carbocycles. The minimum atomic E-state index is -0.597. The fourth-order valence-electron chi connectivity index (χ4n) is 1.63. The summed E-state index contributed by atoms with van der Waals surface area (Å²) in [7, 11) is 1.55. The van der Waals surface area contributed by atoms with Gasteiger partial charge in [-0.05, 0) is 32.9 Å². The Balaban J connectivity index is 2.51. The fourth-order valence-corrected chi connectivity index (χ4v) is 1.86. The second-order valence-electron chi connectivity index (χ2n) is 5.07. The van der Waals surface area contributed by atoms with E-state index in [9.17, 15) is 4.79 Å². The molecule has 0 amide bonds. The van der Waals surface area contributed by atoms with Crippen molar-refractivity contribution >= 4 is 28.6 Å². The minimum absolute atomic E-state index is 0.253. The van der Waals surface area contributed by atoms with Gasteiger partial charge in [0.1, 0.15) is 11.4 Å². The van der Waals surface area contributed by atoms with Gasteiger partial charge in [-0.15, -0.1) is 5.10 Å². The quantitative estimate of drug-likeness (QED) is 0.803. The molecule has 1 heterocycles. The molecule has 0 atom stereocenters. The van der Waals surface area contributed by atoms with E-state index in [0.29, 0.717) is 16.7 Å². The van der Waals surface area contributed by atoms with Crippen molar-refractivity contribution in [2.24, 2.45) is 0 Å². The molecule has 0 saturated heterocycles. The molecule has 5 nitrogen and oxygen atoms in total. The summed E-state index contributed by atoms with van der Waals surface area (Å²) in [5.41, 5.74) is -0.0423. The monoisotopic (exact) mass is 282 g/mol. The number of carbonyl (C=O) groups is 1. The van der Waals surface area contributed by atoms with E-state index in [4.69, 9.17) is 21.1 Å². The fraction of sp³-hybridized carbons (Fsp3) is 0.385. The first kappa shape index (κ1) is 13.7. The van der Waals surface area contributed by atoms with Gasteiger partial charge < -0.3 is 9.47 Å². The van der Waals surface area contributed by atoms with Crippen molar-refractivity contribution in [3.05, 3.63) is 23.4 Å². The van der Waals surface area contributed by atoms with E-state index in [1.54, 1.807) is 46.1 Å². The summed E-state index contributed by atoms with van der Waals surface area (Å²) in [5, 5.41) is 4.93. The Labute approximate surface area is 116 Å². The van der Waals surface area contributed by atoms with Gasteiger partial charge in [0.05, 0.1) is 12.6 Å². The van der Waals surface area contributed by atoms with Gasteiger partial charge in [0.2, 0.25) is 0 Å². The summed E-state index contributed by atoms with van der Waals surface area (Å²) in [5.74, 6) is 0.619. The maximum absolute atomic E-state index is 12.1. The molecule has 1 aromatic heterocycles. The zero-order valence-electron chi connectivity index (χ0n) is 11.2. The smallest absolute Gasteiger partial charge is 0.435 e. The average molecular weight is 283 g/mol. The molecule has 102 valence electrons. The third-order valence-electron chi connectivity index (χ3n) is 2.41. The van der Waals surface area contributed by atoms with Crippen LogP contribution in [0.3, 0.4) is 0 Å². The number of hydrogen-bond donors (Lipinski definition) is 0. The van der Waals surface area contributed by atoms with Crippen LogP contribution in [0.2, 0.25) is 5.15 Å². The van der Waals surface area contributed by atoms with Crippen LogP contribution in [-0.4, -0.2) is 28.6 Å². The van der Waals surface area contributed by atoms with E-state index in [-0.39, 0.29) is 5.15 Å². The lowest BCUT2D eigenvalue weighted by Gasteiger charge is -2.19. The molecule has 0 aliphatic carbocycles. The third-order valence-corrected chi connectivity index (χ3v) is 2.69. The Kier molecular flexibility index (Phi) is 3.41. The highest BCUT2D eigenvalue weighted by Crippen LogP contribution is 2.27. The summed E-state index contributed by atoms with van der Waals surface area (Å²) >= 11 is 6.01. The van der Waals surface area contributed by atoms with Gasteiger partial charge in [0.25, 0.3) is 0 Å². The molecule has 0 spiro atoms. The minimum Gasteiger partial charge on any atom is -0.497 e. The molecular weight excluding hydrogens is 268 g/mol. The maximum Gasteiger partial charge on any atom is 0.435 e. The Morgan fingerprint density at radius 1 is 1.37 bits per heavy atom. The van der Waals surface area contributed by atoms with Crippen molar-refractivity contribution in [3.8, 4) is 5.75 Å². The van der Waals surface area contributed by atoms with Crippen LogP contribution in [0.5, 0.6) is 5.75 Å². The number of halogens is 1. The van der Waals surface area contributed by atoms with E-state index < -0.39 is 11.7 Å². The van der Waals surface area contributed by atoms with Gasteiger partial charge in [0.15, 0.2) is 5.15 Å². The lowest BCUT2D eigenvalue weighted by Crippen LogP contribution is -2.27. The summed E-state index contributed by atoms with van der Waals surface area (Å²) in [6.07, 6.45) is -0.572. The standard InChI is InChI=1S/C13H15ClN2O3/c1-13(2,3)19-12(17)16-10-7-8(18-4)5-6-9(10)11(14)15-16/h5-7H,1-4H3. The first-order valence-corrected chi connectivity index (χ1v) is 6.15. The lowest BCUT2D eigenvalue weighted by atomic mass is 10.2. The molecular formula is C13H15ClN2O3. The van der Waals surface area contributed by atoms with Gasteiger partial charge in [-0.2, -0.15) is 4.68 Å². The number of rotatable bonds is 1. The Morgan fingerprint density at radius 3 is 2.63 bits per heavy atom. The first-order valence-electron chi connectivity index (χ1n) is 5.77. The molecule has 0 aliphatic rings. The summed E-state index contributed by atoms with van der Waals surface area (Å²) in [6, 6.07) is 5.21. The number of nitrogens with zero attached hydrogens (tertiary/aromatic N) is 2. The summed E-state index contributed by atoms with van der Waals surface area (Å²) < 4.78 is 11.6. The Morgan fingerprint density at radius 2 is 2.05 bits per heavy atom. The molecule has 0 radical (unpaired) electrons. The predicted molar refractivity (Wildman–Crippen MR) is 72.9 cm³/mol. The second-order valence-corrected chi connectivity index (χ2v) is 5.42. The van der Waals surface area contributed by atoms with Gasteiger partial charge in [-0.25, -0.2) is 4.79 Å². The SMILES string of the molecule is COc1ccc2c(Cl)nn(C(=O)OC(C)(C)C)c2c1. The summed E-state index contributed by atoms with van der Waals surface area (Å²) in [6.45, 7) is 5.37. The van der Waals surface area contributed by atoms with Crippen LogP contribution >= 0.6 is 11.6 Å². The normalized spacial score (nSPS) is 11.6. The van der Waals surface area contributed by atoms with Crippen LogP contribution in [0.4, 0.5) is 4.79 Å². The van der Waals surface area contributed by atoms with Crippen molar-refractivity contribution in [1.82, 2.24) is 9.78 Å². The second kappa shape index (κ2) is 4.74. The number of benzene rings is 1. The topological polar surface area (TPSA) is 53.4 Å². The Hall–Kier alpha value is -1.75. The molecule has 19 heavy (non-hydrogen) atoms. The number of fused-ring (bicyclic) bond motifs is 1. The molecule has 0 aliphatic heterocycles. The molecule has 0 unspecified atom stereocenters. The number of carbonyl (C=O) groups excluding carboxylic acids is 1. The molecule has 2 rings (SSSR count). The van der Waals surface area contributed by atoms with E-state index in [1.807, 2.05) is 0 Å². The van der Waals surface area contributed by atoms with E-state index in [2.05, 4.69) is 5.10 Å². The highest BCUT2D eigenvalue weighted by Gasteiger charge is 2.21. The van der Waals surface area contributed by atoms with E-state index in [1.165, 1.54) is 0 Å². The lowest BCUT2D eigenvalue weighted by molar-refractivity contribution is 0.0523. The molecule has 0 N–H and O–H groups in total. The first-order chi connectivity index (χ1) is 8.81. The highest BCUT2D eigenvalue weighted by molar-refractivity contribution is 6.34. The van der Waals surface area contributed by atoms with Crippen molar-refractivity contribution in [1.29, 1.82) is 0 Å². The zero-order chi connectivity index (χ0) is 14.2.